The Labute approximate surface area is 134 Å². The van der Waals surface area contributed by atoms with E-state index in [9.17, 15) is 4.39 Å². The first-order valence-corrected chi connectivity index (χ1v) is 7.85. The van der Waals surface area contributed by atoms with Gasteiger partial charge in [0, 0.05) is 36.8 Å². The van der Waals surface area contributed by atoms with Crippen molar-refractivity contribution in [1.82, 2.24) is 0 Å². The van der Waals surface area contributed by atoms with E-state index in [-0.39, 0.29) is 24.6 Å². The van der Waals surface area contributed by atoms with E-state index in [1.165, 1.54) is 6.07 Å². The number of nitrogens with two attached hydrogens (primary N) is 1. The number of hydrogen-bond donors (Lipinski definition) is 1. The maximum absolute atomic E-state index is 13.5. The molecule has 4 nitrogen and oxygen atoms in total. The highest BCUT2D eigenvalue weighted by Crippen LogP contribution is 2.37. The molecule has 2 heterocycles. The van der Waals surface area contributed by atoms with Gasteiger partial charge in [-0.15, -0.1) is 0 Å². The largest absolute Gasteiger partial charge is 0.454 e. The molecule has 0 spiro atoms. The molecule has 0 aliphatic carbocycles. The molecule has 1 saturated heterocycles. The van der Waals surface area contributed by atoms with E-state index in [0.717, 1.165) is 42.3 Å². The fourth-order valence-electron chi connectivity index (χ4n) is 3.43. The van der Waals surface area contributed by atoms with Crippen molar-refractivity contribution >= 4 is 5.69 Å². The quantitative estimate of drug-likeness (QED) is 0.926. The first kappa shape index (κ1) is 14.3. The molecule has 2 aliphatic rings. The van der Waals surface area contributed by atoms with Crippen molar-refractivity contribution in [3.63, 3.8) is 0 Å². The summed E-state index contributed by atoms with van der Waals surface area (Å²) in [5.41, 5.74) is 8.32. The smallest absolute Gasteiger partial charge is 0.231 e. The molecule has 2 aliphatic heterocycles. The van der Waals surface area contributed by atoms with Crippen LogP contribution in [0, 0.1) is 5.82 Å². The van der Waals surface area contributed by atoms with Crippen LogP contribution < -0.4 is 20.1 Å². The summed E-state index contributed by atoms with van der Waals surface area (Å²) < 4.78 is 24.3. The Morgan fingerprint density at radius 2 is 1.91 bits per heavy atom. The molecule has 0 aromatic heterocycles. The van der Waals surface area contributed by atoms with Gasteiger partial charge in [-0.3, -0.25) is 0 Å². The Balaban J connectivity index is 1.59. The van der Waals surface area contributed by atoms with Gasteiger partial charge in [0.1, 0.15) is 5.82 Å². The van der Waals surface area contributed by atoms with Crippen LogP contribution in [-0.2, 0) is 0 Å². The van der Waals surface area contributed by atoms with E-state index >= 15 is 0 Å². The highest BCUT2D eigenvalue weighted by atomic mass is 19.1. The minimum Gasteiger partial charge on any atom is -0.454 e. The molecule has 120 valence electrons. The van der Waals surface area contributed by atoms with Crippen LogP contribution >= 0.6 is 0 Å². The zero-order valence-electron chi connectivity index (χ0n) is 12.7. The van der Waals surface area contributed by atoms with Crippen molar-refractivity contribution in [3.05, 3.63) is 53.8 Å². The van der Waals surface area contributed by atoms with E-state index in [1.54, 1.807) is 12.1 Å². The van der Waals surface area contributed by atoms with Crippen molar-refractivity contribution in [2.75, 3.05) is 24.8 Å². The van der Waals surface area contributed by atoms with Gasteiger partial charge in [0.15, 0.2) is 11.5 Å². The topological polar surface area (TPSA) is 47.7 Å². The lowest BCUT2D eigenvalue weighted by molar-refractivity contribution is 0.174. The molecule has 0 saturated carbocycles. The van der Waals surface area contributed by atoms with Crippen molar-refractivity contribution in [2.24, 2.45) is 5.73 Å². The summed E-state index contributed by atoms with van der Waals surface area (Å²) in [6.07, 6.45) is 0.866. The van der Waals surface area contributed by atoms with Gasteiger partial charge in [-0.2, -0.15) is 0 Å². The Morgan fingerprint density at radius 3 is 2.78 bits per heavy atom. The van der Waals surface area contributed by atoms with Crippen LogP contribution in [0.15, 0.2) is 42.5 Å². The summed E-state index contributed by atoms with van der Waals surface area (Å²) in [4.78, 5) is 2.24. The zero-order chi connectivity index (χ0) is 15.8. The number of fused-ring (bicyclic) bond motifs is 1. The molecule has 23 heavy (non-hydrogen) atoms. The summed E-state index contributed by atoms with van der Waals surface area (Å²) in [6.45, 7) is 1.87. The lowest BCUT2D eigenvalue weighted by atomic mass is 9.88. The van der Waals surface area contributed by atoms with Crippen LogP contribution in [0.4, 0.5) is 10.1 Å². The Morgan fingerprint density at radius 1 is 1.04 bits per heavy atom. The molecular weight excluding hydrogens is 295 g/mol. The summed E-state index contributed by atoms with van der Waals surface area (Å²) in [5, 5.41) is 0. The average Bonchev–Trinajstić information content (AvgIpc) is 3.02. The molecule has 5 heteroatoms. The van der Waals surface area contributed by atoms with Crippen LogP contribution in [-0.4, -0.2) is 25.9 Å². The number of rotatable bonds is 2. The minimum absolute atomic E-state index is 0.0578. The van der Waals surface area contributed by atoms with Crippen molar-refractivity contribution < 1.29 is 13.9 Å². The lowest BCUT2D eigenvalue weighted by Crippen LogP contribution is -2.46. The molecule has 2 unspecified atom stereocenters. The summed E-state index contributed by atoms with van der Waals surface area (Å²) in [7, 11) is 0. The highest BCUT2D eigenvalue weighted by Gasteiger charge is 2.27. The third kappa shape index (κ3) is 2.84. The van der Waals surface area contributed by atoms with Crippen molar-refractivity contribution in [3.8, 4) is 11.5 Å². The molecule has 0 radical (unpaired) electrons. The minimum atomic E-state index is -0.198. The lowest BCUT2D eigenvalue weighted by Gasteiger charge is -2.38. The van der Waals surface area contributed by atoms with Gasteiger partial charge in [-0.25, -0.2) is 4.39 Å². The Bertz CT molecular complexity index is 722. The second-order valence-electron chi connectivity index (χ2n) is 6.19. The third-order valence-corrected chi connectivity index (χ3v) is 4.52. The van der Waals surface area contributed by atoms with Gasteiger partial charge in [-0.05, 0) is 36.2 Å². The van der Waals surface area contributed by atoms with E-state index < -0.39 is 0 Å². The summed E-state index contributed by atoms with van der Waals surface area (Å²) >= 11 is 0. The third-order valence-electron chi connectivity index (χ3n) is 4.52. The Kier molecular flexibility index (Phi) is 3.58. The predicted octanol–water partition coefficient (Wildman–Crippen LogP) is 2.88. The second-order valence-corrected chi connectivity index (χ2v) is 6.19. The standard InChI is InChI=1S/C18H19FN2O2/c19-14-3-1-2-12(6-14)13-7-15(20)10-21(9-13)16-4-5-17-18(8-16)23-11-22-17/h1-6,8,13,15H,7,9-11,20H2. The van der Waals surface area contributed by atoms with Gasteiger partial charge in [0.25, 0.3) is 0 Å². The number of ether oxygens (including phenoxy) is 2. The van der Waals surface area contributed by atoms with Crippen molar-refractivity contribution in [1.29, 1.82) is 0 Å². The van der Waals surface area contributed by atoms with Crippen LogP contribution in [0.3, 0.4) is 0 Å². The van der Waals surface area contributed by atoms with Crippen LogP contribution in [0.5, 0.6) is 11.5 Å². The fraction of sp³-hybridized carbons (Fsp3) is 0.333. The first-order chi connectivity index (χ1) is 11.2. The summed E-state index contributed by atoms with van der Waals surface area (Å²) in [6, 6.07) is 12.8. The first-order valence-electron chi connectivity index (χ1n) is 7.85. The van der Waals surface area contributed by atoms with Gasteiger partial charge >= 0.3 is 0 Å². The van der Waals surface area contributed by atoms with Gasteiger partial charge in [-0.1, -0.05) is 12.1 Å². The molecule has 2 aromatic rings. The van der Waals surface area contributed by atoms with Crippen LogP contribution in [0.1, 0.15) is 17.9 Å². The number of anilines is 1. The number of hydrogen-bond acceptors (Lipinski definition) is 4. The van der Waals surface area contributed by atoms with Crippen LogP contribution in [0.25, 0.3) is 0 Å². The zero-order valence-corrected chi connectivity index (χ0v) is 12.7. The maximum atomic E-state index is 13.5. The molecule has 2 N–H and O–H groups in total. The van der Waals surface area contributed by atoms with Gasteiger partial charge in [0.2, 0.25) is 6.79 Å². The molecular formula is C18H19FN2O2. The van der Waals surface area contributed by atoms with Crippen LogP contribution in [0.2, 0.25) is 0 Å². The predicted molar refractivity (Wildman–Crippen MR) is 86.5 cm³/mol. The number of nitrogens with zero attached hydrogens (tertiary/aromatic N) is 1. The van der Waals surface area contributed by atoms with E-state index in [2.05, 4.69) is 4.90 Å². The number of halogens is 1. The fourth-order valence-corrected chi connectivity index (χ4v) is 3.43. The monoisotopic (exact) mass is 314 g/mol. The molecule has 1 fully saturated rings. The second kappa shape index (κ2) is 5.74. The molecule has 0 bridgehead atoms. The van der Waals surface area contributed by atoms with E-state index in [0.29, 0.717) is 0 Å². The SMILES string of the molecule is NC1CC(c2cccc(F)c2)CN(c2ccc3c(c2)OCO3)C1. The molecule has 4 rings (SSSR count). The van der Waals surface area contributed by atoms with Gasteiger partial charge < -0.3 is 20.1 Å². The van der Waals surface area contributed by atoms with Gasteiger partial charge in [0.05, 0.1) is 0 Å². The number of piperidine rings is 1. The van der Waals surface area contributed by atoms with Crippen molar-refractivity contribution in [2.45, 2.75) is 18.4 Å². The number of benzene rings is 2. The maximum Gasteiger partial charge on any atom is 0.231 e. The average molecular weight is 314 g/mol. The van der Waals surface area contributed by atoms with E-state index in [4.69, 9.17) is 15.2 Å². The highest BCUT2D eigenvalue weighted by molar-refractivity contribution is 5.58. The Hall–Kier alpha value is -2.27. The molecule has 2 aromatic carbocycles. The summed E-state index contributed by atoms with van der Waals surface area (Å²) in [5.74, 6) is 1.57. The molecule has 0 amide bonds. The normalized spacial score (nSPS) is 23.1. The molecule has 2 atom stereocenters. The van der Waals surface area contributed by atoms with E-state index in [1.807, 2.05) is 24.3 Å².